The first-order chi connectivity index (χ1) is 5.13. The van der Waals surface area contributed by atoms with E-state index in [0.29, 0.717) is 19.8 Å². The number of ether oxygens (including phenoxy) is 2. The SMILES string of the molecule is CC(C)OCCOC[C@@H](C)N. The van der Waals surface area contributed by atoms with E-state index in [-0.39, 0.29) is 12.1 Å². The van der Waals surface area contributed by atoms with E-state index in [0.717, 1.165) is 0 Å². The fourth-order valence-electron chi connectivity index (χ4n) is 0.612. The fourth-order valence-corrected chi connectivity index (χ4v) is 0.612. The smallest absolute Gasteiger partial charge is 0.0703 e. The Kier molecular flexibility index (Phi) is 6.51. The Bertz CT molecular complexity index is 74.2. The van der Waals surface area contributed by atoms with Crippen LogP contribution in [0.1, 0.15) is 20.8 Å². The van der Waals surface area contributed by atoms with E-state index in [2.05, 4.69) is 0 Å². The standard InChI is InChI=1S/C8H19NO2/c1-7(2)11-5-4-10-6-8(3)9/h7-8H,4-6,9H2,1-3H3/t8-/m1/s1. The molecular formula is C8H19NO2. The highest BCUT2D eigenvalue weighted by Gasteiger charge is 1.95. The van der Waals surface area contributed by atoms with Crippen LogP contribution in [0.25, 0.3) is 0 Å². The highest BCUT2D eigenvalue weighted by molar-refractivity contribution is 4.48. The summed E-state index contributed by atoms with van der Waals surface area (Å²) in [6.07, 6.45) is 0.286. The van der Waals surface area contributed by atoms with Gasteiger partial charge in [0.05, 0.1) is 25.9 Å². The Morgan fingerprint density at radius 1 is 1.18 bits per heavy atom. The van der Waals surface area contributed by atoms with Gasteiger partial charge in [0.15, 0.2) is 0 Å². The largest absolute Gasteiger partial charge is 0.377 e. The average Bonchev–Trinajstić information content (AvgIpc) is 1.85. The summed E-state index contributed by atoms with van der Waals surface area (Å²) in [4.78, 5) is 0. The Morgan fingerprint density at radius 3 is 2.27 bits per heavy atom. The summed E-state index contributed by atoms with van der Waals surface area (Å²) < 4.78 is 10.5. The number of nitrogens with two attached hydrogens (primary N) is 1. The third-order valence-electron chi connectivity index (χ3n) is 1.06. The van der Waals surface area contributed by atoms with Crippen LogP contribution in [0.15, 0.2) is 0 Å². The van der Waals surface area contributed by atoms with Crippen molar-refractivity contribution in [3.05, 3.63) is 0 Å². The van der Waals surface area contributed by atoms with Gasteiger partial charge in [-0.3, -0.25) is 0 Å². The molecule has 0 bridgehead atoms. The van der Waals surface area contributed by atoms with Gasteiger partial charge in [-0.2, -0.15) is 0 Å². The molecule has 0 aliphatic carbocycles. The number of hydrogen-bond acceptors (Lipinski definition) is 3. The maximum Gasteiger partial charge on any atom is 0.0703 e. The lowest BCUT2D eigenvalue weighted by Gasteiger charge is -2.09. The van der Waals surface area contributed by atoms with Crippen molar-refractivity contribution in [2.75, 3.05) is 19.8 Å². The summed E-state index contributed by atoms with van der Waals surface area (Å²) in [6, 6.07) is 0.119. The van der Waals surface area contributed by atoms with Crippen molar-refractivity contribution in [1.82, 2.24) is 0 Å². The lowest BCUT2D eigenvalue weighted by atomic mass is 10.4. The molecule has 0 aliphatic heterocycles. The summed E-state index contributed by atoms with van der Waals surface area (Å²) in [5, 5.41) is 0. The molecule has 0 radical (unpaired) electrons. The van der Waals surface area contributed by atoms with Crippen LogP contribution in [0.5, 0.6) is 0 Å². The summed E-state index contributed by atoms with van der Waals surface area (Å²) in [6.45, 7) is 7.84. The van der Waals surface area contributed by atoms with Gasteiger partial charge in [0.25, 0.3) is 0 Å². The maximum absolute atomic E-state index is 5.47. The molecule has 0 aromatic rings. The van der Waals surface area contributed by atoms with E-state index in [1.54, 1.807) is 0 Å². The predicted octanol–water partition coefficient (Wildman–Crippen LogP) is 0.775. The average molecular weight is 161 g/mol. The van der Waals surface area contributed by atoms with Gasteiger partial charge in [0.1, 0.15) is 0 Å². The maximum atomic E-state index is 5.47. The van der Waals surface area contributed by atoms with Crippen LogP contribution in [0.4, 0.5) is 0 Å². The van der Waals surface area contributed by atoms with Crippen LogP contribution in [0.2, 0.25) is 0 Å². The summed E-state index contributed by atoms with van der Waals surface area (Å²) in [5.41, 5.74) is 5.47. The van der Waals surface area contributed by atoms with E-state index in [1.165, 1.54) is 0 Å². The predicted molar refractivity (Wildman–Crippen MR) is 45.6 cm³/mol. The molecule has 0 aromatic heterocycles. The molecule has 0 heterocycles. The second-order valence-corrected chi connectivity index (χ2v) is 2.97. The monoisotopic (exact) mass is 161 g/mol. The zero-order chi connectivity index (χ0) is 8.69. The van der Waals surface area contributed by atoms with Gasteiger partial charge >= 0.3 is 0 Å². The van der Waals surface area contributed by atoms with Crippen molar-refractivity contribution in [3.8, 4) is 0 Å². The topological polar surface area (TPSA) is 44.5 Å². The zero-order valence-electron chi connectivity index (χ0n) is 7.67. The summed E-state index contributed by atoms with van der Waals surface area (Å²) in [7, 11) is 0. The van der Waals surface area contributed by atoms with Gasteiger partial charge in [-0.15, -0.1) is 0 Å². The minimum Gasteiger partial charge on any atom is -0.377 e. The molecule has 3 heteroatoms. The minimum absolute atomic E-state index is 0.119. The molecular weight excluding hydrogens is 142 g/mol. The molecule has 0 amide bonds. The van der Waals surface area contributed by atoms with Crippen LogP contribution in [0, 0.1) is 0 Å². The molecule has 0 saturated heterocycles. The van der Waals surface area contributed by atoms with Crippen molar-refractivity contribution in [3.63, 3.8) is 0 Å². The highest BCUT2D eigenvalue weighted by atomic mass is 16.5. The van der Waals surface area contributed by atoms with Crippen LogP contribution in [0.3, 0.4) is 0 Å². The Morgan fingerprint density at radius 2 is 1.82 bits per heavy atom. The second-order valence-electron chi connectivity index (χ2n) is 2.97. The van der Waals surface area contributed by atoms with Crippen molar-refractivity contribution in [1.29, 1.82) is 0 Å². The minimum atomic E-state index is 0.119. The second kappa shape index (κ2) is 6.58. The van der Waals surface area contributed by atoms with Gasteiger partial charge < -0.3 is 15.2 Å². The van der Waals surface area contributed by atoms with E-state index in [1.807, 2.05) is 20.8 Å². The molecule has 0 aliphatic rings. The van der Waals surface area contributed by atoms with Crippen molar-refractivity contribution in [2.24, 2.45) is 5.73 Å². The molecule has 3 nitrogen and oxygen atoms in total. The van der Waals surface area contributed by atoms with Crippen molar-refractivity contribution >= 4 is 0 Å². The Labute approximate surface area is 68.9 Å². The third kappa shape index (κ3) is 9.88. The highest BCUT2D eigenvalue weighted by Crippen LogP contribution is 1.87. The first-order valence-electron chi connectivity index (χ1n) is 4.08. The van der Waals surface area contributed by atoms with Crippen LogP contribution in [-0.2, 0) is 9.47 Å². The summed E-state index contributed by atoms with van der Waals surface area (Å²) in [5.74, 6) is 0. The number of hydrogen-bond donors (Lipinski definition) is 1. The molecule has 1 atom stereocenters. The van der Waals surface area contributed by atoms with Gasteiger partial charge in [0, 0.05) is 6.04 Å². The van der Waals surface area contributed by atoms with Crippen LogP contribution >= 0.6 is 0 Å². The number of rotatable bonds is 6. The molecule has 11 heavy (non-hydrogen) atoms. The van der Waals surface area contributed by atoms with E-state index >= 15 is 0 Å². The van der Waals surface area contributed by atoms with Gasteiger partial charge in [-0.25, -0.2) is 0 Å². The molecule has 68 valence electrons. The molecule has 0 unspecified atom stereocenters. The molecule has 0 fully saturated rings. The van der Waals surface area contributed by atoms with Crippen LogP contribution in [-0.4, -0.2) is 32.0 Å². The van der Waals surface area contributed by atoms with E-state index in [9.17, 15) is 0 Å². The lowest BCUT2D eigenvalue weighted by molar-refractivity contribution is 0.0172. The molecule has 0 spiro atoms. The van der Waals surface area contributed by atoms with Gasteiger partial charge in [-0.1, -0.05) is 0 Å². The van der Waals surface area contributed by atoms with E-state index in [4.69, 9.17) is 15.2 Å². The van der Waals surface area contributed by atoms with E-state index < -0.39 is 0 Å². The zero-order valence-corrected chi connectivity index (χ0v) is 7.67. The molecule has 0 rings (SSSR count). The Hall–Kier alpha value is -0.120. The molecule has 0 saturated carbocycles. The van der Waals surface area contributed by atoms with Crippen molar-refractivity contribution < 1.29 is 9.47 Å². The third-order valence-corrected chi connectivity index (χ3v) is 1.06. The summed E-state index contributed by atoms with van der Waals surface area (Å²) >= 11 is 0. The molecule has 0 aromatic carbocycles. The fraction of sp³-hybridized carbons (Fsp3) is 1.00. The Balaban J connectivity index is 2.91. The van der Waals surface area contributed by atoms with Crippen molar-refractivity contribution in [2.45, 2.75) is 32.9 Å². The quantitative estimate of drug-likeness (QED) is 0.585. The first-order valence-corrected chi connectivity index (χ1v) is 4.08. The van der Waals surface area contributed by atoms with Gasteiger partial charge in [-0.05, 0) is 20.8 Å². The first kappa shape index (κ1) is 10.9. The molecule has 2 N–H and O–H groups in total. The van der Waals surface area contributed by atoms with Crippen LogP contribution < -0.4 is 5.73 Å². The van der Waals surface area contributed by atoms with Gasteiger partial charge in [0.2, 0.25) is 0 Å². The lowest BCUT2D eigenvalue weighted by Crippen LogP contribution is -2.23. The normalized spacial score (nSPS) is 13.9.